The van der Waals surface area contributed by atoms with Gasteiger partial charge in [-0.15, -0.1) is 12.3 Å². The van der Waals surface area contributed by atoms with Crippen LogP contribution in [0.3, 0.4) is 0 Å². The van der Waals surface area contributed by atoms with Crippen molar-refractivity contribution >= 4 is 15.9 Å². The number of hydrogen-bond acceptors (Lipinski definition) is 5. The molecule has 1 aliphatic carbocycles. The largest absolute Gasteiger partial charge is 0.356 e. The third-order valence-electron chi connectivity index (χ3n) is 4.67. The lowest BCUT2D eigenvalue weighted by Gasteiger charge is -2.10. The zero-order valence-electron chi connectivity index (χ0n) is 15.1. The summed E-state index contributed by atoms with van der Waals surface area (Å²) in [6.07, 6.45) is 9.98. The third-order valence-corrected chi connectivity index (χ3v) is 6.21. The van der Waals surface area contributed by atoms with E-state index in [2.05, 4.69) is 26.2 Å². The van der Waals surface area contributed by atoms with E-state index in [9.17, 15) is 13.2 Å². The summed E-state index contributed by atoms with van der Waals surface area (Å²) < 4.78 is 26.9. The number of sulfonamides is 1. The maximum atomic E-state index is 12.1. The van der Waals surface area contributed by atoms with Crippen molar-refractivity contribution in [1.29, 1.82) is 0 Å². The van der Waals surface area contributed by atoms with Gasteiger partial charge in [0.1, 0.15) is 0 Å². The number of terminal acetylenes is 1. The normalized spacial score (nSPS) is 17.3. The van der Waals surface area contributed by atoms with Crippen molar-refractivity contribution in [3.63, 3.8) is 0 Å². The molecule has 1 aromatic rings. The monoisotopic (exact) mass is 388 g/mol. The molecule has 8 heteroatoms. The van der Waals surface area contributed by atoms with Gasteiger partial charge in [0.25, 0.3) is 0 Å². The number of nitrogens with one attached hydrogen (secondary N) is 2. The summed E-state index contributed by atoms with van der Waals surface area (Å²) >= 11 is 0. The standard InChI is InChI=1S/C19H24N4O3S/c1-2-3-12-19(22-23-19)13-14-20-18(24)11-6-15-4-9-17(10-5-15)27(25,26)21-16-7-8-16/h1,4-5,9-10,16,21H,3,6-8,11-14H2,(H,20,24). The molecular formula is C19H24N4O3S. The van der Waals surface area contributed by atoms with Crippen LogP contribution in [0.2, 0.25) is 0 Å². The molecule has 3 rings (SSSR count). The van der Waals surface area contributed by atoms with Crippen LogP contribution in [0.25, 0.3) is 0 Å². The van der Waals surface area contributed by atoms with E-state index in [1.165, 1.54) is 0 Å². The Kier molecular flexibility index (Phi) is 5.92. The fourth-order valence-corrected chi connectivity index (χ4v) is 4.05. The minimum Gasteiger partial charge on any atom is -0.356 e. The van der Waals surface area contributed by atoms with Crippen molar-refractivity contribution in [3.05, 3.63) is 29.8 Å². The van der Waals surface area contributed by atoms with Gasteiger partial charge in [0.2, 0.25) is 15.9 Å². The average Bonchev–Trinajstić information content (AvgIpc) is 3.57. The first-order valence-corrected chi connectivity index (χ1v) is 10.7. The number of hydrogen-bond donors (Lipinski definition) is 2. The molecule has 1 aromatic carbocycles. The third kappa shape index (κ3) is 5.88. The number of carbonyl (C=O) groups is 1. The molecule has 1 saturated carbocycles. The van der Waals surface area contributed by atoms with Crippen molar-refractivity contribution in [2.75, 3.05) is 6.54 Å². The van der Waals surface area contributed by atoms with Gasteiger partial charge in [-0.3, -0.25) is 4.79 Å². The topological polar surface area (TPSA) is 100.0 Å². The Labute approximate surface area is 160 Å². The number of benzene rings is 1. The second-order valence-corrected chi connectivity index (χ2v) is 8.74. The van der Waals surface area contributed by atoms with Crippen LogP contribution in [0.1, 0.15) is 44.1 Å². The van der Waals surface area contributed by atoms with Crippen LogP contribution in [-0.2, 0) is 21.2 Å². The molecule has 0 saturated heterocycles. The van der Waals surface area contributed by atoms with Crippen molar-refractivity contribution in [3.8, 4) is 12.3 Å². The molecule has 1 fully saturated rings. The minimum atomic E-state index is -3.43. The number of carbonyl (C=O) groups excluding carboxylic acids is 1. The first kappa shape index (κ1) is 19.5. The highest BCUT2D eigenvalue weighted by molar-refractivity contribution is 7.89. The molecule has 2 aliphatic rings. The van der Waals surface area contributed by atoms with E-state index in [1.54, 1.807) is 24.3 Å². The van der Waals surface area contributed by atoms with Gasteiger partial charge >= 0.3 is 0 Å². The molecule has 2 N–H and O–H groups in total. The van der Waals surface area contributed by atoms with Gasteiger partial charge in [0, 0.05) is 38.3 Å². The zero-order chi connectivity index (χ0) is 19.3. The Morgan fingerprint density at radius 2 is 1.93 bits per heavy atom. The van der Waals surface area contributed by atoms with Crippen LogP contribution >= 0.6 is 0 Å². The van der Waals surface area contributed by atoms with Gasteiger partial charge in [-0.1, -0.05) is 12.1 Å². The van der Waals surface area contributed by atoms with Crippen LogP contribution in [0.5, 0.6) is 0 Å². The maximum Gasteiger partial charge on any atom is 0.240 e. The molecule has 1 aliphatic heterocycles. The summed E-state index contributed by atoms with van der Waals surface area (Å²) in [7, 11) is -3.43. The van der Waals surface area contributed by atoms with Crippen molar-refractivity contribution in [1.82, 2.24) is 10.0 Å². The summed E-state index contributed by atoms with van der Waals surface area (Å²) in [4.78, 5) is 12.2. The van der Waals surface area contributed by atoms with Gasteiger partial charge in [-0.25, -0.2) is 13.1 Å². The zero-order valence-corrected chi connectivity index (χ0v) is 16.0. The highest BCUT2D eigenvalue weighted by Gasteiger charge is 2.38. The number of nitrogens with zero attached hydrogens (tertiary/aromatic N) is 2. The van der Waals surface area contributed by atoms with Crippen LogP contribution in [-0.4, -0.2) is 32.6 Å². The lowest BCUT2D eigenvalue weighted by molar-refractivity contribution is -0.121. The van der Waals surface area contributed by atoms with E-state index in [0.717, 1.165) is 24.8 Å². The van der Waals surface area contributed by atoms with E-state index in [0.29, 0.717) is 32.2 Å². The van der Waals surface area contributed by atoms with Gasteiger partial charge < -0.3 is 5.32 Å². The average molecular weight is 388 g/mol. The van der Waals surface area contributed by atoms with E-state index >= 15 is 0 Å². The summed E-state index contributed by atoms with van der Waals surface area (Å²) in [5.41, 5.74) is 0.545. The minimum absolute atomic E-state index is 0.0464. The van der Waals surface area contributed by atoms with Crippen molar-refractivity contribution in [2.45, 2.75) is 61.5 Å². The lowest BCUT2D eigenvalue weighted by Crippen LogP contribution is -2.28. The van der Waals surface area contributed by atoms with E-state index in [1.807, 2.05) is 0 Å². The summed E-state index contributed by atoms with van der Waals surface area (Å²) in [5, 5.41) is 10.9. The fourth-order valence-electron chi connectivity index (χ4n) is 2.74. The Hall–Kier alpha value is -2.24. The smallest absolute Gasteiger partial charge is 0.240 e. The molecule has 144 valence electrons. The Bertz CT molecular complexity index is 846. The van der Waals surface area contributed by atoms with Gasteiger partial charge in [-0.05, 0) is 37.0 Å². The van der Waals surface area contributed by atoms with Crippen LogP contribution in [0.4, 0.5) is 0 Å². The Balaban J connectivity index is 1.38. The predicted octanol–water partition coefficient (Wildman–Crippen LogP) is 2.14. The molecule has 27 heavy (non-hydrogen) atoms. The molecule has 0 bridgehead atoms. The quantitative estimate of drug-likeness (QED) is 0.568. The van der Waals surface area contributed by atoms with Gasteiger partial charge in [0.05, 0.1) is 4.90 Å². The summed E-state index contributed by atoms with van der Waals surface area (Å²) in [6, 6.07) is 6.77. The lowest BCUT2D eigenvalue weighted by atomic mass is 10.0. The van der Waals surface area contributed by atoms with Gasteiger partial charge in [0.15, 0.2) is 5.66 Å². The fraction of sp³-hybridized carbons (Fsp3) is 0.526. The number of aryl methyl sites for hydroxylation is 1. The van der Waals surface area contributed by atoms with Crippen LogP contribution < -0.4 is 10.0 Å². The highest BCUT2D eigenvalue weighted by Crippen LogP contribution is 2.36. The van der Waals surface area contributed by atoms with E-state index < -0.39 is 10.0 Å². The molecule has 7 nitrogen and oxygen atoms in total. The molecule has 0 atom stereocenters. The van der Waals surface area contributed by atoms with Gasteiger partial charge in [-0.2, -0.15) is 10.2 Å². The summed E-state index contributed by atoms with van der Waals surface area (Å²) in [6.45, 7) is 0.514. The molecule has 0 spiro atoms. The Morgan fingerprint density at radius 3 is 2.52 bits per heavy atom. The number of rotatable bonds is 11. The second kappa shape index (κ2) is 8.19. The van der Waals surface area contributed by atoms with Crippen molar-refractivity contribution in [2.24, 2.45) is 10.2 Å². The first-order valence-electron chi connectivity index (χ1n) is 9.18. The molecule has 0 aromatic heterocycles. The van der Waals surface area contributed by atoms with E-state index in [-0.39, 0.29) is 22.5 Å². The van der Waals surface area contributed by atoms with E-state index in [4.69, 9.17) is 6.42 Å². The molecular weight excluding hydrogens is 364 g/mol. The van der Waals surface area contributed by atoms with Crippen LogP contribution in [0, 0.1) is 12.3 Å². The molecule has 1 heterocycles. The second-order valence-electron chi connectivity index (χ2n) is 7.03. The highest BCUT2D eigenvalue weighted by atomic mass is 32.2. The molecule has 1 amide bonds. The predicted molar refractivity (Wildman–Crippen MR) is 101 cm³/mol. The first-order chi connectivity index (χ1) is 12.9. The summed E-state index contributed by atoms with van der Waals surface area (Å²) in [5.74, 6) is 2.53. The molecule has 0 unspecified atom stereocenters. The number of amides is 1. The van der Waals surface area contributed by atoms with Crippen molar-refractivity contribution < 1.29 is 13.2 Å². The van der Waals surface area contributed by atoms with Crippen LogP contribution in [0.15, 0.2) is 39.4 Å². The molecule has 0 radical (unpaired) electrons. The Morgan fingerprint density at radius 1 is 1.22 bits per heavy atom. The SMILES string of the molecule is C#CCCC1(CCNC(=O)CCc2ccc(S(=O)(=O)NC3CC3)cc2)N=N1. The maximum absolute atomic E-state index is 12.1.